The number of aryl methyl sites for hydroxylation is 1. The number of nitrogens with two attached hydrogens (primary N) is 1. The molecule has 2 amide bonds. The third-order valence-electron chi connectivity index (χ3n) is 6.18. The van der Waals surface area contributed by atoms with Crippen LogP contribution < -0.4 is 15.8 Å². The number of fused-ring (bicyclic) bond motifs is 1. The number of aromatic nitrogens is 1. The molecule has 1 fully saturated rings. The highest BCUT2D eigenvalue weighted by molar-refractivity contribution is 8.00. The number of hydrogen-bond acceptors (Lipinski definition) is 11. The number of carboxylic acid groups (broad SMARTS) is 1. The molecule has 0 saturated carbocycles. The lowest BCUT2D eigenvalue weighted by molar-refractivity contribution is -0.150. The number of nitrogens with one attached hydrogen (secondary N) is 2. The van der Waals surface area contributed by atoms with Crippen LogP contribution in [0.15, 0.2) is 33.9 Å². The second-order valence-corrected chi connectivity index (χ2v) is 12.7. The zero-order valence-corrected chi connectivity index (χ0v) is 23.8. The second-order valence-electron chi connectivity index (χ2n) is 8.94. The van der Waals surface area contributed by atoms with Crippen molar-refractivity contribution in [2.45, 2.75) is 31.7 Å². The quantitative estimate of drug-likeness (QED) is 0.185. The molecule has 3 heterocycles. The van der Waals surface area contributed by atoms with Crippen LogP contribution in [0.4, 0.5) is 10.8 Å². The van der Waals surface area contributed by atoms with E-state index in [0.29, 0.717) is 11.3 Å². The number of amides is 2. The minimum Gasteiger partial charge on any atom is -0.477 e. The normalized spacial score (nSPS) is 19.3. The van der Waals surface area contributed by atoms with E-state index in [1.807, 2.05) is 13.8 Å². The van der Waals surface area contributed by atoms with Crippen molar-refractivity contribution in [2.75, 3.05) is 29.6 Å². The van der Waals surface area contributed by atoms with Gasteiger partial charge >= 0.3 is 5.97 Å². The van der Waals surface area contributed by atoms with Gasteiger partial charge in [0.05, 0.1) is 6.26 Å². The molecule has 2 aliphatic rings. The molecule has 5 N–H and O–H groups in total. The van der Waals surface area contributed by atoms with Crippen LogP contribution in [0.2, 0.25) is 0 Å². The number of nitrogens with zero attached hydrogens (tertiary/aromatic N) is 3. The molecule has 1 aromatic heterocycles. The molecule has 1 saturated heterocycles. The van der Waals surface area contributed by atoms with Gasteiger partial charge in [-0.3, -0.25) is 19.2 Å². The molecule has 208 valence electrons. The predicted octanol–water partition coefficient (Wildman–Crippen LogP) is 1.05. The lowest BCUT2D eigenvalue weighted by Crippen LogP contribution is -2.71. The van der Waals surface area contributed by atoms with Gasteiger partial charge in [-0.25, -0.2) is 18.2 Å². The minimum atomic E-state index is -3.51. The first-order valence-corrected chi connectivity index (χ1v) is 15.2. The van der Waals surface area contributed by atoms with Crippen molar-refractivity contribution in [1.82, 2.24) is 15.2 Å². The van der Waals surface area contributed by atoms with Crippen LogP contribution in [0.3, 0.4) is 0 Å². The van der Waals surface area contributed by atoms with Crippen LogP contribution in [0.1, 0.15) is 22.4 Å². The fraction of sp³-hybridized carbons (Fsp3) is 0.348. The Bertz CT molecular complexity index is 1530. The summed E-state index contributed by atoms with van der Waals surface area (Å²) < 4.78 is 25.9. The topological polar surface area (TPSA) is 193 Å². The molecular weight excluding hydrogens is 568 g/mol. The Morgan fingerprint density at radius 3 is 2.64 bits per heavy atom. The smallest absolute Gasteiger partial charge is 0.352 e. The van der Waals surface area contributed by atoms with E-state index in [0.717, 1.165) is 34.3 Å². The number of carbonyl (C=O) groups is 3. The zero-order chi connectivity index (χ0) is 28.6. The fourth-order valence-electron chi connectivity index (χ4n) is 4.34. The molecule has 2 aromatic rings. The Morgan fingerprint density at radius 1 is 1.33 bits per heavy atom. The summed E-state index contributed by atoms with van der Waals surface area (Å²) in [6, 6.07) is 2.38. The zero-order valence-electron chi connectivity index (χ0n) is 21.3. The van der Waals surface area contributed by atoms with Crippen molar-refractivity contribution >= 4 is 67.4 Å². The van der Waals surface area contributed by atoms with Gasteiger partial charge in [0, 0.05) is 16.8 Å². The van der Waals surface area contributed by atoms with Crippen molar-refractivity contribution in [2.24, 2.45) is 5.16 Å². The van der Waals surface area contributed by atoms with Crippen LogP contribution in [0, 0.1) is 13.8 Å². The molecule has 2 aliphatic heterocycles. The molecule has 1 aromatic carbocycles. The third-order valence-corrected chi connectivity index (χ3v) is 8.80. The summed E-state index contributed by atoms with van der Waals surface area (Å²) in [5, 5.41) is 17.5. The highest BCUT2D eigenvalue weighted by atomic mass is 32.2. The van der Waals surface area contributed by atoms with Crippen LogP contribution in [-0.2, 0) is 35.7 Å². The molecule has 0 unspecified atom stereocenters. The van der Waals surface area contributed by atoms with Gasteiger partial charge in [0.15, 0.2) is 10.8 Å². The lowest BCUT2D eigenvalue weighted by Gasteiger charge is -2.49. The van der Waals surface area contributed by atoms with Crippen LogP contribution >= 0.6 is 23.1 Å². The maximum Gasteiger partial charge on any atom is 0.352 e. The average Bonchev–Trinajstić information content (AvgIpc) is 3.28. The van der Waals surface area contributed by atoms with Crippen LogP contribution in [0.5, 0.6) is 0 Å². The number of sulfonamides is 1. The molecule has 16 heteroatoms. The Morgan fingerprint density at radius 2 is 2.05 bits per heavy atom. The first-order chi connectivity index (χ1) is 18.3. The standard InChI is InChI=1S/C23H26N6O7S3/c1-10-5-14(28-39(4,34)35)7-12(11(10)2)6-13-8-37-21-17(20(31)29(21)18(13)22(32)33)26-19(30)16(27-36-3)15-9-38-23(24)25-15/h5,7,9,17,21,28H,6,8H2,1-4H3,(H2,24,25)(H,26,30)(H,32,33)/b27-16+/t17-,21-/m1/s1. The van der Waals surface area contributed by atoms with E-state index in [-0.39, 0.29) is 34.4 Å². The van der Waals surface area contributed by atoms with Crippen molar-refractivity contribution in [3.8, 4) is 0 Å². The summed E-state index contributed by atoms with van der Waals surface area (Å²) in [5.74, 6) is -2.28. The summed E-state index contributed by atoms with van der Waals surface area (Å²) in [6.45, 7) is 3.70. The van der Waals surface area contributed by atoms with E-state index in [4.69, 9.17) is 10.6 Å². The minimum absolute atomic E-state index is 0.147. The summed E-state index contributed by atoms with van der Waals surface area (Å²) in [7, 11) is -2.25. The van der Waals surface area contributed by atoms with Crippen molar-refractivity contribution < 1.29 is 32.7 Å². The highest BCUT2D eigenvalue weighted by Crippen LogP contribution is 2.41. The molecule has 0 aliphatic carbocycles. The highest BCUT2D eigenvalue weighted by Gasteiger charge is 2.54. The van der Waals surface area contributed by atoms with Crippen LogP contribution in [-0.4, -0.2) is 77.4 Å². The number of rotatable bonds is 9. The van der Waals surface area contributed by atoms with E-state index < -0.39 is 39.2 Å². The number of carboxylic acids is 1. The second kappa shape index (κ2) is 10.9. The number of β-lactam (4-membered cyclic amide) rings is 1. The maximum absolute atomic E-state index is 13.1. The number of carbonyl (C=O) groups excluding carboxylic acids is 2. The molecule has 4 rings (SSSR count). The lowest BCUT2D eigenvalue weighted by atomic mass is 9.94. The Labute approximate surface area is 232 Å². The number of aliphatic carboxylic acids is 1. The van der Waals surface area contributed by atoms with E-state index >= 15 is 0 Å². The van der Waals surface area contributed by atoms with Gasteiger partial charge in [0.1, 0.15) is 29.9 Å². The number of oxime groups is 1. The molecule has 0 radical (unpaired) electrons. The maximum atomic E-state index is 13.1. The first-order valence-electron chi connectivity index (χ1n) is 11.4. The summed E-state index contributed by atoms with van der Waals surface area (Å²) >= 11 is 2.43. The number of thiazole rings is 1. The number of hydrogen-bond donors (Lipinski definition) is 4. The third kappa shape index (κ3) is 5.86. The van der Waals surface area contributed by atoms with Crippen molar-refractivity contribution in [3.05, 3.63) is 51.2 Å². The fourth-order valence-corrected chi connectivity index (χ4v) is 6.78. The molecular formula is C23H26N6O7S3. The summed E-state index contributed by atoms with van der Waals surface area (Å²) in [6.07, 6.45) is 1.25. The van der Waals surface area contributed by atoms with E-state index in [1.165, 1.54) is 29.2 Å². The van der Waals surface area contributed by atoms with E-state index in [2.05, 4.69) is 20.2 Å². The van der Waals surface area contributed by atoms with E-state index in [9.17, 15) is 27.9 Å². The molecule has 0 spiro atoms. The number of thioether (sulfide) groups is 1. The van der Waals surface area contributed by atoms with Crippen molar-refractivity contribution in [3.63, 3.8) is 0 Å². The van der Waals surface area contributed by atoms with Gasteiger partial charge < -0.3 is 21.0 Å². The van der Waals surface area contributed by atoms with Crippen molar-refractivity contribution in [1.29, 1.82) is 0 Å². The number of anilines is 2. The molecule has 0 bridgehead atoms. The van der Waals surface area contributed by atoms with Gasteiger partial charge in [-0.05, 0) is 54.7 Å². The number of benzene rings is 1. The van der Waals surface area contributed by atoms with E-state index in [1.54, 1.807) is 12.1 Å². The molecule has 39 heavy (non-hydrogen) atoms. The average molecular weight is 595 g/mol. The molecule has 13 nitrogen and oxygen atoms in total. The van der Waals surface area contributed by atoms with Gasteiger partial charge in [-0.15, -0.1) is 23.1 Å². The Balaban J connectivity index is 1.58. The SMILES string of the molecule is CO/N=C(/C(=O)N[C@@H]1C(=O)N2C(C(=O)O)=C(Cc3cc(NS(C)(=O)=O)cc(C)c3C)CS[C@H]12)c1csc(N)n1. The van der Waals surface area contributed by atoms with Gasteiger partial charge in [-0.1, -0.05) is 5.16 Å². The summed E-state index contributed by atoms with van der Waals surface area (Å²) in [4.78, 5) is 48.3. The Hall–Kier alpha value is -3.63. The van der Waals surface area contributed by atoms with Gasteiger partial charge in [-0.2, -0.15) is 0 Å². The Kier molecular flexibility index (Phi) is 7.90. The number of nitrogen functional groups attached to an aromatic ring is 1. The summed E-state index contributed by atoms with van der Waals surface area (Å²) in [5.41, 5.74) is 8.83. The largest absolute Gasteiger partial charge is 0.477 e. The monoisotopic (exact) mass is 594 g/mol. The van der Waals surface area contributed by atoms with Gasteiger partial charge in [0.2, 0.25) is 10.0 Å². The van der Waals surface area contributed by atoms with Gasteiger partial charge in [0.25, 0.3) is 11.8 Å². The predicted molar refractivity (Wildman–Crippen MR) is 148 cm³/mol. The van der Waals surface area contributed by atoms with Crippen LogP contribution in [0.25, 0.3) is 0 Å². The first kappa shape index (κ1) is 28.4. The molecule has 2 atom stereocenters.